The fourth-order valence-electron chi connectivity index (χ4n) is 5.39. The molecular formula is C31H35ClN6O4. The second-order valence-corrected chi connectivity index (χ2v) is 10.7. The lowest BCUT2D eigenvalue weighted by Gasteiger charge is -2.27. The van der Waals surface area contributed by atoms with Gasteiger partial charge in [0.15, 0.2) is 0 Å². The van der Waals surface area contributed by atoms with Crippen molar-refractivity contribution < 1.29 is 19.4 Å². The molecule has 11 heteroatoms. The topological polar surface area (TPSA) is 113 Å². The minimum atomic E-state index is -0.827. The van der Waals surface area contributed by atoms with Crippen molar-refractivity contribution in [3.05, 3.63) is 82.8 Å². The van der Waals surface area contributed by atoms with Crippen LogP contribution in [0.5, 0.6) is 0 Å². The average Bonchev–Trinajstić information content (AvgIpc) is 3.28. The lowest BCUT2D eigenvalue weighted by atomic mass is 10.0. The van der Waals surface area contributed by atoms with Gasteiger partial charge < -0.3 is 29.5 Å². The van der Waals surface area contributed by atoms with Crippen molar-refractivity contribution >= 4 is 46.0 Å². The lowest BCUT2D eigenvalue weighted by molar-refractivity contribution is -0.127. The summed E-state index contributed by atoms with van der Waals surface area (Å²) in [6.07, 6.45) is 3.99. The highest BCUT2D eigenvalue weighted by molar-refractivity contribution is 6.35. The zero-order chi connectivity index (χ0) is 29.6. The fraction of sp³-hybridized carbons (Fsp3) is 0.355. The van der Waals surface area contributed by atoms with Crippen LogP contribution >= 0.6 is 11.6 Å². The van der Waals surface area contributed by atoms with Crippen molar-refractivity contribution in [1.82, 2.24) is 19.9 Å². The molecule has 5 rings (SSSR count). The van der Waals surface area contributed by atoms with Crippen LogP contribution < -0.4 is 15.1 Å². The van der Waals surface area contributed by atoms with Crippen molar-refractivity contribution in [3.63, 3.8) is 0 Å². The van der Waals surface area contributed by atoms with Crippen molar-refractivity contribution in [3.8, 4) is 0 Å². The predicted molar refractivity (Wildman–Crippen MR) is 163 cm³/mol. The standard InChI is InChI=1S/C31H35ClN6O4/c1-21-24(11-14-39)29-25(32)9-6-10-27(29)38(21)20-28(40)35-26(17-22-7-4-3-5-8-22)30(41)36(2)23-18-33-31(34-19-23)37-12-15-42-16-13-37/h3-10,18-19,26,39H,11-17,20H2,1-2H3,(H,35,40)/t26-/m0/s1. The summed E-state index contributed by atoms with van der Waals surface area (Å²) < 4.78 is 7.28. The zero-order valence-electron chi connectivity index (χ0n) is 23.8. The number of aliphatic hydroxyl groups is 1. The maximum absolute atomic E-state index is 13.8. The number of aliphatic hydroxyl groups excluding tert-OH is 1. The van der Waals surface area contributed by atoms with Gasteiger partial charge in [-0.05, 0) is 36.6 Å². The van der Waals surface area contributed by atoms with Crippen molar-refractivity contribution in [1.29, 1.82) is 0 Å². The molecule has 0 unspecified atom stereocenters. The van der Waals surface area contributed by atoms with Crippen LogP contribution in [0.15, 0.2) is 60.9 Å². The molecule has 42 heavy (non-hydrogen) atoms. The van der Waals surface area contributed by atoms with Gasteiger partial charge in [0, 0.05) is 44.2 Å². The Morgan fingerprint density at radius 1 is 1.10 bits per heavy atom. The number of carbonyl (C=O) groups is 2. The van der Waals surface area contributed by atoms with Crippen LogP contribution in [0.1, 0.15) is 16.8 Å². The molecule has 3 heterocycles. The van der Waals surface area contributed by atoms with E-state index in [4.69, 9.17) is 16.3 Å². The molecule has 1 fully saturated rings. The van der Waals surface area contributed by atoms with Gasteiger partial charge in [-0.25, -0.2) is 9.97 Å². The van der Waals surface area contributed by atoms with Crippen LogP contribution in [0.4, 0.5) is 11.6 Å². The molecule has 1 aliphatic rings. The number of morpholine rings is 1. The van der Waals surface area contributed by atoms with Gasteiger partial charge in [-0.3, -0.25) is 9.59 Å². The number of aromatic nitrogens is 3. The van der Waals surface area contributed by atoms with Gasteiger partial charge >= 0.3 is 0 Å². The Kier molecular flexibility index (Phi) is 9.36. The number of fused-ring (bicyclic) bond motifs is 1. The summed E-state index contributed by atoms with van der Waals surface area (Å²) >= 11 is 6.52. The third-order valence-electron chi connectivity index (χ3n) is 7.64. The number of nitrogens with zero attached hydrogens (tertiary/aromatic N) is 5. The van der Waals surface area contributed by atoms with Gasteiger partial charge in [-0.15, -0.1) is 0 Å². The first-order chi connectivity index (χ1) is 20.4. The largest absolute Gasteiger partial charge is 0.396 e. The highest BCUT2D eigenvalue weighted by atomic mass is 35.5. The minimum absolute atomic E-state index is 0.00621. The van der Waals surface area contributed by atoms with Gasteiger partial charge in [0.25, 0.3) is 0 Å². The maximum atomic E-state index is 13.8. The van der Waals surface area contributed by atoms with Gasteiger partial charge in [-0.1, -0.05) is 48.0 Å². The molecule has 4 aromatic rings. The zero-order valence-corrected chi connectivity index (χ0v) is 24.5. The van der Waals surface area contributed by atoms with Crippen LogP contribution in [-0.2, 0) is 33.7 Å². The maximum Gasteiger partial charge on any atom is 0.249 e. The normalized spacial score (nSPS) is 14.1. The van der Waals surface area contributed by atoms with Crippen molar-refractivity contribution in [2.24, 2.45) is 0 Å². The number of halogens is 1. The molecule has 2 N–H and O–H groups in total. The molecule has 0 radical (unpaired) electrons. The molecule has 10 nitrogen and oxygen atoms in total. The molecule has 1 saturated heterocycles. The summed E-state index contributed by atoms with van der Waals surface area (Å²) in [5, 5.41) is 14.0. The highest BCUT2D eigenvalue weighted by Gasteiger charge is 2.27. The summed E-state index contributed by atoms with van der Waals surface area (Å²) in [5.41, 5.74) is 4.01. The van der Waals surface area contributed by atoms with E-state index in [1.165, 1.54) is 4.90 Å². The van der Waals surface area contributed by atoms with Crippen molar-refractivity contribution in [2.45, 2.75) is 32.4 Å². The number of likely N-dealkylation sites (N-methyl/N-ethyl adjacent to an activating group) is 1. The van der Waals surface area contributed by atoms with E-state index in [9.17, 15) is 14.7 Å². The number of anilines is 2. The smallest absolute Gasteiger partial charge is 0.249 e. The number of amides is 2. The summed E-state index contributed by atoms with van der Waals surface area (Å²) in [6.45, 7) is 4.54. The first kappa shape index (κ1) is 29.5. The first-order valence-electron chi connectivity index (χ1n) is 14.0. The van der Waals surface area contributed by atoms with E-state index in [-0.39, 0.29) is 25.0 Å². The summed E-state index contributed by atoms with van der Waals surface area (Å²) in [4.78, 5) is 39.8. The molecule has 2 aromatic carbocycles. The number of hydrogen-bond acceptors (Lipinski definition) is 7. The minimum Gasteiger partial charge on any atom is -0.396 e. The van der Waals surface area contributed by atoms with E-state index in [1.807, 2.05) is 58.9 Å². The molecule has 2 aromatic heterocycles. The molecule has 2 amide bonds. The van der Waals surface area contributed by atoms with E-state index in [0.29, 0.717) is 55.8 Å². The molecule has 1 atom stereocenters. The number of benzene rings is 2. The summed E-state index contributed by atoms with van der Waals surface area (Å²) in [7, 11) is 1.66. The molecule has 0 saturated carbocycles. The molecule has 0 spiro atoms. The Morgan fingerprint density at radius 2 is 1.81 bits per heavy atom. The SMILES string of the molecule is Cc1c(CCO)c2c(Cl)cccc2n1CC(=O)N[C@@H](Cc1ccccc1)C(=O)N(C)c1cnc(N2CCOCC2)nc1. The van der Waals surface area contributed by atoms with E-state index >= 15 is 0 Å². The third-order valence-corrected chi connectivity index (χ3v) is 7.96. The van der Waals surface area contributed by atoms with Crippen LogP contribution in [0.3, 0.4) is 0 Å². The van der Waals surface area contributed by atoms with Gasteiger partial charge in [0.1, 0.15) is 12.6 Å². The lowest BCUT2D eigenvalue weighted by Crippen LogP contribution is -2.49. The summed E-state index contributed by atoms with van der Waals surface area (Å²) in [5.74, 6) is -0.00725. The van der Waals surface area contributed by atoms with Gasteiger partial charge in [-0.2, -0.15) is 0 Å². The third kappa shape index (κ3) is 6.41. The Balaban J connectivity index is 1.37. The van der Waals surface area contributed by atoms with E-state index in [2.05, 4.69) is 15.3 Å². The first-order valence-corrected chi connectivity index (χ1v) is 14.4. The molecule has 0 aliphatic carbocycles. The van der Waals surface area contributed by atoms with Gasteiger partial charge in [0.2, 0.25) is 17.8 Å². The molecule has 1 aliphatic heterocycles. The Hall–Kier alpha value is -3.99. The number of rotatable bonds is 10. The average molecular weight is 591 g/mol. The quantitative estimate of drug-likeness (QED) is 0.292. The Morgan fingerprint density at radius 3 is 2.50 bits per heavy atom. The fourth-order valence-corrected chi connectivity index (χ4v) is 5.67. The molecular weight excluding hydrogens is 556 g/mol. The Labute approximate surface area is 249 Å². The number of nitrogens with one attached hydrogen (secondary N) is 1. The number of hydrogen-bond donors (Lipinski definition) is 2. The van der Waals surface area contributed by atoms with Crippen LogP contribution in [0.2, 0.25) is 5.02 Å². The molecule has 0 bridgehead atoms. The number of ether oxygens (including phenoxy) is 1. The summed E-state index contributed by atoms with van der Waals surface area (Å²) in [6, 6.07) is 14.3. The van der Waals surface area contributed by atoms with Crippen LogP contribution in [-0.4, -0.2) is 77.5 Å². The van der Waals surface area contributed by atoms with Crippen molar-refractivity contribution in [2.75, 3.05) is 49.8 Å². The Bertz CT molecular complexity index is 1540. The van der Waals surface area contributed by atoms with E-state index in [1.54, 1.807) is 25.5 Å². The van der Waals surface area contributed by atoms with Crippen LogP contribution in [0, 0.1) is 6.92 Å². The number of carbonyl (C=O) groups excluding carboxylic acids is 2. The second kappa shape index (κ2) is 13.3. The molecule has 220 valence electrons. The van der Waals surface area contributed by atoms with Gasteiger partial charge in [0.05, 0.1) is 41.8 Å². The highest BCUT2D eigenvalue weighted by Crippen LogP contribution is 2.32. The monoisotopic (exact) mass is 590 g/mol. The van der Waals surface area contributed by atoms with Crippen LogP contribution in [0.25, 0.3) is 10.9 Å². The van der Waals surface area contributed by atoms with E-state index in [0.717, 1.165) is 27.7 Å². The van der Waals surface area contributed by atoms with E-state index < -0.39 is 6.04 Å². The second-order valence-electron chi connectivity index (χ2n) is 10.3. The predicted octanol–water partition coefficient (Wildman–Crippen LogP) is 3.16.